The van der Waals surface area contributed by atoms with Crippen LogP contribution in [0.15, 0.2) is 101 Å². The zero-order chi connectivity index (χ0) is 23.3. The predicted octanol–water partition coefficient (Wildman–Crippen LogP) is 5.63. The fourth-order valence-corrected chi connectivity index (χ4v) is 3.94. The van der Waals surface area contributed by atoms with Gasteiger partial charge in [-0.25, -0.2) is 4.68 Å². The summed E-state index contributed by atoms with van der Waals surface area (Å²) in [4.78, 5) is 12.8. The van der Waals surface area contributed by atoms with Gasteiger partial charge in [-0.2, -0.15) is 5.10 Å². The number of para-hydroxylation sites is 1. The Hall–Kier alpha value is -4.17. The van der Waals surface area contributed by atoms with Gasteiger partial charge in [-0.3, -0.25) is 4.79 Å². The lowest BCUT2D eigenvalue weighted by atomic mass is 10.1. The van der Waals surface area contributed by atoms with Gasteiger partial charge in [-0.1, -0.05) is 78.0 Å². The Morgan fingerprint density at radius 2 is 1.62 bits per heavy atom. The standard InChI is InChI=1S/C26H21N5O2S/c1-18-12-14-20(15-13-18)25-28-29-26(33-25)34-17-24(32)27-23-16-22(19-8-4-2-5-9-19)30-31(23)21-10-6-3-7-11-21/h2-16H,17H2,1H3,(H,27,32). The van der Waals surface area contributed by atoms with E-state index in [1.54, 1.807) is 4.68 Å². The van der Waals surface area contributed by atoms with Crippen LogP contribution in [0.3, 0.4) is 0 Å². The highest BCUT2D eigenvalue weighted by Crippen LogP contribution is 2.26. The third-order valence-electron chi connectivity index (χ3n) is 5.08. The summed E-state index contributed by atoms with van der Waals surface area (Å²) in [6.45, 7) is 2.02. The smallest absolute Gasteiger partial charge is 0.277 e. The Morgan fingerprint density at radius 3 is 2.35 bits per heavy atom. The first-order valence-electron chi connectivity index (χ1n) is 10.7. The Bertz CT molecular complexity index is 1400. The summed E-state index contributed by atoms with van der Waals surface area (Å²) in [7, 11) is 0. The van der Waals surface area contributed by atoms with Crippen molar-refractivity contribution >= 4 is 23.5 Å². The van der Waals surface area contributed by atoms with Gasteiger partial charge in [0.05, 0.1) is 17.1 Å². The van der Waals surface area contributed by atoms with Crippen molar-refractivity contribution in [3.8, 4) is 28.4 Å². The molecule has 0 fully saturated rings. The maximum Gasteiger partial charge on any atom is 0.277 e. The molecule has 0 bridgehead atoms. The van der Waals surface area contributed by atoms with E-state index in [4.69, 9.17) is 9.52 Å². The largest absolute Gasteiger partial charge is 0.411 e. The van der Waals surface area contributed by atoms with Gasteiger partial charge in [-0.05, 0) is 31.2 Å². The van der Waals surface area contributed by atoms with Gasteiger partial charge in [0.2, 0.25) is 11.8 Å². The van der Waals surface area contributed by atoms with E-state index in [1.807, 2.05) is 97.9 Å². The van der Waals surface area contributed by atoms with Crippen molar-refractivity contribution in [2.75, 3.05) is 11.1 Å². The van der Waals surface area contributed by atoms with Crippen LogP contribution in [0.5, 0.6) is 0 Å². The molecule has 0 aliphatic rings. The van der Waals surface area contributed by atoms with Gasteiger partial charge in [-0.15, -0.1) is 10.2 Å². The molecule has 168 valence electrons. The number of amides is 1. The topological polar surface area (TPSA) is 85.8 Å². The minimum Gasteiger partial charge on any atom is -0.411 e. The fraction of sp³-hybridized carbons (Fsp3) is 0.0769. The van der Waals surface area contributed by atoms with Crippen LogP contribution in [-0.2, 0) is 4.79 Å². The van der Waals surface area contributed by atoms with Gasteiger partial charge >= 0.3 is 0 Å². The molecule has 1 amide bonds. The number of benzene rings is 3. The third-order valence-corrected chi connectivity index (χ3v) is 5.90. The number of carbonyl (C=O) groups excluding carboxylic acids is 1. The summed E-state index contributed by atoms with van der Waals surface area (Å²) in [6.07, 6.45) is 0. The Morgan fingerprint density at radius 1 is 0.912 bits per heavy atom. The first-order valence-corrected chi connectivity index (χ1v) is 11.7. The number of nitrogens with zero attached hydrogens (tertiary/aromatic N) is 4. The van der Waals surface area contributed by atoms with Crippen LogP contribution in [0.4, 0.5) is 5.82 Å². The van der Waals surface area contributed by atoms with E-state index in [0.717, 1.165) is 28.1 Å². The quantitative estimate of drug-likeness (QED) is 0.312. The van der Waals surface area contributed by atoms with E-state index in [-0.39, 0.29) is 11.7 Å². The molecule has 1 N–H and O–H groups in total. The molecule has 0 spiro atoms. The number of anilines is 1. The van der Waals surface area contributed by atoms with Crippen LogP contribution in [0.2, 0.25) is 0 Å². The highest BCUT2D eigenvalue weighted by molar-refractivity contribution is 7.99. The van der Waals surface area contributed by atoms with E-state index in [0.29, 0.717) is 16.9 Å². The molecule has 2 aromatic heterocycles. The molecular formula is C26H21N5O2S. The van der Waals surface area contributed by atoms with Crippen molar-refractivity contribution in [3.63, 3.8) is 0 Å². The maximum atomic E-state index is 12.8. The normalized spacial score (nSPS) is 10.9. The summed E-state index contributed by atoms with van der Waals surface area (Å²) in [6, 6.07) is 29.2. The summed E-state index contributed by atoms with van der Waals surface area (Å²) in [5, 5.41) is 16.2. The first-order chi connectivity index (χ1) is 16.7. The highest BCUT2D eigenvalue weighted by atomic mass is 32.2. The van der Waals surface area contributed by atoms with Crippen molar-refractivity contribution < 1.29 is 9.21 Å². The number of hydrogen-bond donors (Lipinski definition) is 1. The lowest BCUT2D eigenvalue weighted by molar-refractivity contribution is -0.113. The molecule has 0 unspecified atom stereocenters. The van der Waals surface area contributed by atoms with Gasteiger partial charge in [0.1, 0.15) is 5.82 Å². The molecule has 34 heavy (non-hydrogen) atoms. The SMILES string of the molecule is Cc1ccc(-c2nnc(SCC(=O)Nc3cc(-c4ccccc4)nn3-c3ccccc3)o2)cc1. The molecule has 0 aliphatic carbocycles. The molecule has 5 rings (SSSR count). The van der Waals surface area contributed by atoms with Crippen LogP contribution in [0.1, 0.15) is 5.56 Å². The van der Waals surface area contributed by atoms with Crippen LogP contribution in [0.25, 0.3) is 28.4 Å². The number of aromatic nitrogens is 4. The molecule has 0 atom stereocenters. The molecule has 0 radical (unpaired) electrons. The van der Waals surface area contributed by atoms with Gasteiger partial charge in [0.15, 0.2) is 0 Å². The molecular weight excluding hydrogens is 446 g/mol. The summed E-state index contributed by atoms with van der Waals surface area (Å²) < 4.78 is 7.44. The molecule has 0 saturated heterocycles. The second kappa shape index (κ2) is 9.76. The van der Waals surface area contributed by atoms with Gasteiger partial charge in [0, 0.05) is 17.2 Å². The van der Waals surface area contributed by atoms with Crippen molar-refractivity contribution in [2.45, 2.75) is 12.1 Å². The number of thioether (sulfide) groups is 1. The van der Waals surface area contributed by atoms with Gasteiger partial charge < -0.3 is 9.73 Å². The Labute approximate surface area is 200 Å². The minimum absolute atomic E-state index is 0.121. The van der Waals surface area contributed by atoms with E-state index >= 15 is 0 Å². The predicted molar refractivity (Wildman–Crippen MR) is 133 cm³/mol. The van der Waals surface area contributed by atoms with Crippen LogP contribution in [-0.4, -0.2) is 31.6 Å². The van der Waals surface area contributed by atoms with Crippen molar-refractivity contribution in [1.29, 1.82) is 0 Å². The van der Waals surface area contributed by atoms with Gasteiger partial charge in [0.25, 0.3) is 5.22 Å². The Balaban J connectivity index is 1.30. The number of aryl methyl sites for hydroxylation is 1. The van der Waals surface area contributed by atoms with Crippen LogP contribution >= 0.6 is 11.8 Å². The van der Waals surface area contributed by atoms with Crippen LogP contribution < -0.4 is 5.32 Å². The fourth-order valence-electron chi connectivity index (χ4n) is 3.37. The van der Waals surface area contributed by atoms with E-state index in [9.17, 15) is 4.79 Å². The second-order valence-corrected chi connectivity index (χ2v) is 8.53. The average Bonchev–Trinajstić information content (AvgIpc) is 3.52. The lowest BCUT2D eigenvalue weighted by Gasteiger charge is -2.08. The molecule has 8 heteroatoms. The zero-order valence-electron chi connectivity index (χ0n) is 18.4. The lowest BCUT2D eigenvalue weighted by Crippen LogP contribution is -2.16. The maximum absolute atomic E-state index is 12.8. The molecule has 5 aromatic rings. The number of carbonyl (C=O) groups is 1. The highest BCUT2D eigenvalue weighted by Gasteiger charge is 2.16. The number of hydrogen-bond acceptors (Lipinski definition) is 6. The van der Waals surface area contributed by atoms with Crippen molar-refractivity contribution in [1.82, 2.24) is 20.0 Å². The van der Waals surface area contributed by atoms with Crippen molar-refractivity contribution in [2.24, 2.45) is 0 Å². The molecule has 0 aliphatic heterocycles. The molecule has 3 aromatic carbocycles. The summed E-state index contributed by atoms with van der Waals surface area (Å²) >= 11 is 1.19. The first kappa shape index (κ1) is 21.7. The van der Waals surface area contributed by atoms with E-state index in [2.05, 4.69) is 15.5 Å². The minimum atomic E-state index is -0.197. The van der Waals surface area contributed by atoms with Crippen molar-refractivity contribution in [3.05, 3.63) is 96.6 Å². The summed E-state index contributed by atoms with van der Waals surface area (Å²) in [5.74, 6) is 0.937. The number of rotatable bonds is 7. The zero-order valence-corrected chi connectivity index (χ0v) is 19.2. The van der Waals surface area contributed by atoms with E-state index < -0.39 is 0 Å². The average molecular weight is 468 g/mol. The third kappa shape index (κ3) is 4.92. The molecule has 7 nitrogen and oxygen atoms in total. The molecule has 0 saturated carbocycles. The monoisotopic (exact) mass is 467 g/mol. The number of nitrogens with one attached hydrogen (secondary N) is 1. The molecule has 2 heterocycles. The van der Waals surface area contributed by atoms with E-state index in [1.165, 1.54) is 11.8 Å². The summed E-state index contributed by atoms with van der Waals surface area (Å²) in [5.41, 5.74) is 4.59. The Kier molecular flexibility index (Phi) is 6.22. The second-order valence-electron chi connectivity index (χ2n) is 7.60. The van der Waals surface area contributed by atoms with Crippen LogP contribution in [0, 0.1) is 6.92 Å².